The maximum absolute atomic E-state index is 6.35. The first-order valence-electron chi connectivity index (χ1n) is 8.54. The lowest BCUT2D eigenvalue weighted by Gasteiger charge is -2.45. The van der Waals surface area contributed by atoms with E-state index in [4.69, 9.17) is 31.5 Å². The van der Waals surface area contributed by atoms with Crippen LogP contribution in [0.5, 0.6) is 5.75 Å². The summed E-state index contributed by atoms with van der Waals surface area (Å²) in [6.45, 7) is 3.03. The highest BCUT2D eigenvalue weighted by Gasteiger charge is 2.62. The van der Waals surface area contributed by atoms with Crippen LogP contribution in [0, 0.1) is 0 Å². The van der Waals surface area contributed by atoms with Gasteiger partial charge >= 0.3 is 0 Å². The van der Waals surface area contributed by atoms with E-state index in [1.807, 2.05) is 18.2 Å². The molecule has 0 radical (unpaired) electrons. The van der Waals surface area contributed by atoms with E-state index < -0.39 is 11.1 Å². The third-order valence-electron chi connectivity index (χ3n) is 5.45. The lowest BCUT2D eigenvalue weighted by Crippen LogP contribution is -2.57. The second kappa shape index (κ2) is 5.34. The van der Waals surface area contributed by atoms with Crippen LogP contribution in [0.1, 0.15) is 18.9 Å². The Labute approximate surface area is 155 Å². The number of rotatable bonds is 1. The number of pyridine rings is 1. The van der Waals surface area contributed by atoms with E-state index in [9.17, 15) is 0 Å². The number of aliphatic imine (C=N–C) groups is 1. The number of halogens is 1. The molecule has 3 atom stereocenters. The van der Waals surface area contributed by atoms with Crippen LogP contribution in [-0.2, 0) is 15.0 Å². The van der Waals surface area contributed by atoms with E-state index in [0.29, 0.717) is 18.2 Å². The monoisotopic (exact) mass is 371 g/mol. The summed E-state index contributed by atoms with van der Waals surface area (Å²) in [6, 6.07) is 8.09. The summed E-state index contributed by atoms with van der Waals surface area (Å²) in [5.41, 5.74) is 7.55. The number of fused-ring (bicyclic) bond motifs is 4. The summed E-state index contributed by atoms with van der Waals surface area (Å²) >= 11 is 6.10. The van der Waals surface area contributed by atoms with Gasteiger partial charge in [-0.1, -0.05) is 17.7 Å². The van der Waals surface area contributed by atoms with Crippen molar-refractivity contribution in [3.05, 3.63) is 47.2 Å². The predicted molar refractivity (Wildman–Crippen MR) is 97.3 cm³/mol. The third-order valence-corrected chi connectivity index (χ3v) is 5.66. The van der Waals surface area contributed by atoms with Crippen molar-refractivity contribution in [1.29, 1.82) is 0 Å². The Morgan fingerprint density at radius 2 is 2.12 bits per heavy atom. The van der Waals surface area contributed by atoms with Gasteiger partial charge in [0.05, 0.1) is 11.6 Å². The number of nitrogens with zero attached hydrogens (tertiary/aromatic N) is 2. The van der Waals surface area contributed by atoms with E-state index in [1.54, 1.807) is 12.4 Å². The Kier molecular flexibility index (Phi) is 3.27. The van der Waals surface area contributed by atoms with E-state index in [2.05, 4.69) is 23.0 Å². The topological polar surface area (TPSA) is 79.0 Å². The van der Waals surface area contributed by atoms with Gasteiger partial charge in [-0.25, -0.2) is 4.99 Å². The van der Waals surface area contributed by atoms with Crippen LogP contribution in [0.15, 0.2) is 41.7 Å². The molecule has 6 nitrogen and oxygen atoms in total. The Hall–Kier alpha value is -2.31. The van der Waals surface area contributed by atoms with Crippen molar-refractivity contribution in [2.24, 2.45) is 10.7 Å². The van der Waals surface area contributed by atoms with Crippen molar-refractivity contribution in [3.8, 4) is 16.9 Å². The highest BCUT2D eigenvalue weighted by atomic mass is 35.5. The summed E-state index contributed by atoms with van der Waals surface area (Å²) in [6.07, 6.45) is 3.94. The SMILES string of the molecule is C[C@@]12CCO[C@@H]1[C@@]1(COC(N)=N1)c1cc(-c3cncc(Cl)c3)ccc1O2. The molecule has 0 amide bonds. The normalized spacial score (nSPS) is 31.8. The zero-order valence-electron chi connectivity index (χ0n) is 14.2. The van der Waals surface area contributed by atoms with Gasteiger partial charge in [-0.15, -0.1) is 0 Å². The lowest BCUT2D eigenvalue weighted by atomic mass is 9.74. The van der Waals surface area contributed by atoms with Gasteiger partial charge in [-0.05, 0) is 30.7 Å². The number of hydrogen-bond acceptors (Lipinski definition) is 6. The van der Waals surface area contributed by atoms with E-state index in [-0.39, 0.29) is 12.1 Å². The molecule has 2 N–H and O–H groups in total. The molecule has 0 aliphatic carbocycles. The van der Waals surface area contributed by atoms with Gasteiger partial charge in [-0.3, -0.25) is 4.98 Å². The first-order chi connectivity index (χ1) is 12.5. The zero-order valence-corrected chi connectivity index (χ0v) is 15.0. The van der Waals surface area contributed by atoms with Crippen molar-refractivity contribution in [3.63, 3.8) is 0 Å². The molecule has 2 aromatic rings. The molecule has 3 aliphatic rings. The first kappa shape index (κ1) is 15.9. The van der Waals surface area contributed by atoms with Crippen LogP contribution in [0.2, 0.25) is 5.02 Å². The molecule has 3 aliphatic heterocycles. The predicted octanol–water partition coefficient (Wildman–Crippen LogP) is 2.88. The molecule has 26 heavy (non-hydrogen) atoms. The fraction of sp³-hybridized carbons (Fsp3) is 0.368. The average molecular weight is 372 g/mol. The second-order valence-electron chi connectivity index (χ2n) is 7.18. The van der Waals surface area contributed by atoms with Crippen LogP contribution >= 0.6 is 11.6 Å². The Balaban J connectivity index is 1.71. The van der Waals surface area contributed by atoms with Crippen LogP contribution in [0.4, 0.5) is 0 Å². The lowest BCUT2D eigenvalue weighted by molar-refractivity contribution is -0.0755. The standard InChI is InChI=1S/C19H18ClN3O3/c1-18-4-5-24-16(18)19(10-25-17(21)23-19)14-7-11(2-3-15(14)26-18)12-6-13(20)9-22-8-12/h2-3,6-9,16H,4-5,10H2,1H3,(H2,21,23)/t16-,18+,19+/m0/s1. The molecule has 1 aromatic heterocycles. The van der Waals surface area contributed by atoms with Gasteiger partial charge < -0.3 is 19.9 Å². The largest absolute Gasteiger partial charge is 0.484 e. The first-order valence-corrected chi connectivity index (χ1v) is 8.92. The minimum atomic E-state index is -0.703. The molecule has 1 fully saturated rings. The number of hydrogen-bond donors (Lipinski definition) is 1. The minimum absolute atomic E-state index is 0.186. The number of nitrogens with two attached hydrogens (primary N) is 1. The fourth-order valence-electron chi connectivity index (χ4n) is 4.25. The molecule has 0 unspecified atom stereocenters. The molecule has 0 bridgehead atoms. The molecule has 7 heteroatoms. The zero-order chi connectivity index (χ0) is 17.9. The van der Waals surface area contributed by atoms with Crippen molar-refractivity contribution in [2.45, 2.75) is 30.6 Å². The molecule has 134 valence electrons. The summed E-state index contributed by atoms with van der Waals surface area (Å²) in [5.74, 6) is 0.787. The molecule has 1 saturated heterocycles. The van der Waals surface area contributed by atoms with E-state index >= 15 is 0 Å². The van der Waals surface area contributed by atoms with Crippen LogP contribution in [0.25, 0.3) is 11.1 Å². The van der Waals surface area contributed by atoms with Crippen molar-refractivity contribution in [1.82, 2.24) is 4.98 Å². The van der Waals surface area contributed by atoms with Gasteiger partial charge in [0.2, 0.25) is 0 Å². The van der Waals surface area contributed by atoms with E-state index in [1.165, 1.54) is 0 Å². The molecule has 1 aromatic carbocycles. The summed E-state index contributed by atoms with van der Waals surface area (Å²) in [7, 11) is 0. The van der Waals surface area contributed by atoms with Crippen molar-refractivity contribution < 1.29 is 14.2 Å². The van der Waals surface area contributed by atoms with Gasteiger partial charge in [0.15, 0.2) is 5.54 Å². The van der Waals surface area contributed by atoms with Gasteiger partial charge in [0.1, 0.15) is 24.1 Å². The maximum atomic E-state index is 6.35. The third kappa shape index (κ3) is 2.15. The van der Waals surface area contributed by atoms with Crippen LogP contribution in [0.3, 0.4) is 0 Å². The van der Waals surface area contributed by atoms with Crippen LogP contribution < -0.4 is 10.5 Å². The van der Waals surface area contributed by atoms with E-state index in [0.717, 1.165) is 28.9 Å². The number of ether oxygens (including phenoxy) is 3. The number of aromatic nitrogens is 1. The smallest absolute Gasteiger partial charge is 0.283 e. The maximum Gasteiger partial charge on any atom is 0.283 e. The average Bonchev–Trinajstić information content (AvgIpc) is 3.19. The molecule has 5 rings (SSSR count). The fourth-order valence-corrected chi connectivity index (χ4v) is 4.42. The number of benzene rings is 1. The summed E-state index contributed by atoms with van der Waals surface area (Å²) in [4.78, 5) is 8.86. The second-order valence-corrected chi connectivity index (χ2v) is 7.62. The molecule has 1 spiro atoms. The van der Waals surface area contributed by atoms with Gasteiger partial charge in [-0.2, -0.15) is 0 Å². The molecule has 4 heterocycles. The Morgan fingerprint density at radius 1 is 1.23 bits per heavy atom. The Bertz CT molecular complexity index is 934. The quantitative estimate of drug-likeness (QED) is 0.833. The van der Waals surface area contributed by atoms with Gasteiger partial charge in [0.25, 0.3) is 6.02 Å². The van der Waals surface area contributed by atoms with Crippen molar-refractivity contribution in [2.75, 3.05) is 13.2 Å². The molecule has 0 saturated carbocycles. The minimum Gasteiger partial charge on any atom is -0.484 e. The number of amidine groups is 1. The summed E-state index contributed by atoms with van der Waals surface area (Å²) in [5, 5.41) is 0.587. The van der Waals surface area contributed by atoms with Crippen LogP contribution in [-0.4, -0.2) is 35.9 Å². The molecular formula is C19H18ClN3O3. The highest BCUT2D eigenvalue weighted by molar-refractivity contribution is 6.30. The molecular weight excluding hydrogens is 354 g/mol. The highest BCUT2D eigenvalue weighted by Crippen LogP contribution is 2.53. The summed E-state index contributed by atoms with van der Waals surface area (Å²) < 4.78 is 18.0. The van der Waals surface area contributed by atoms with Crippen molar-refractivity contribution >= 4 is 17.6 Å². The van der Waals surface area contributed by atoms with Gasteiger partial charge in [0, 0.05) is 29.9 Å². The Morgan fingerprint density at radius 3 is 2.88 bits per heavy atom.